The molecule has 366 valence electrons. The minimum Gasteiger partial charge on any atom is -0.458 e. The zero-order valence-electron chi connectivity index (χ0n) is 42.9. The fourth-order valence-corrected chi connectivity index (χ4v) is 12.3. The molecular formula is C70H51BN4O2. The average Bonchev–Trinajstić information content (AvgIpc) is 4.28. The molecule has 0 unspecified atom stereocenters. The van der Waals surface area contributed by atoms with Crippen LogP contribution < -0.4 is 35.8 Å². The molecule has 0 spiro atoms. The maximum absolute atomic E-state index is 7.56. The molecule has 0 atom stereocenters. The number of furan rings is 1. The van der Waals surface area contributed by atoms with Crippen LogP contribution in [0.25, 0.3) is 49.4 Å². The van der Waals surface area contributed by atoms with Gasteiger partial charge in [-0.05, 0) is 124 Å². The highest BCUT2D eigenvalue weighted by molar-refractivity contribution is 7.01. The normalized spacial score (nSPS) is 12.7. The first-order chi connectivity index (χ1) is 37.9. The van der Waals surface area contributed by atoms with Gasteiger partial charge in [0.15, 0.2) is 5.58 Å². The largest absolute Gasteiger partial charge is 0.458 e. The minimum absolute atomic E-state index is 0.0486. The summed E-state index contributed by atoms with van der Waals surface area (Å²) in [4.78, 5) is 7.16. The molecule has 0 saturated carbocycles. The lowest BCUT2D eigenvalue weighted by molar-refractivity contribution is 0.488. The van der Waals surface area contributed by atoms with Gasteiger partial charge in [0, 0.05) is 79.2 Å². The van der Waals surface area contributed by atoms with Gasteiger partial charge in [0.2, 0.25) is 0 Å². The lowest BCUT2D eigenvalue weighted by Gasteiger charge is -2.42. The van der Waals surface area contributed by atoms with Crippen LogP contribution in [0.2, 0.25) is 0 Å². The predicted octanol–water partition coefficient (Wildman–Crippen LogP) is 17.3. The van der Waals surface area contributed by atoms with Crippen LogP contribution in [0.15, 0.2) is 259 Å². The Morgan fingerprint density at radius 1 is 0.403 bits per heavy atom. The SMILES string of the molecule is CC(C)(C)c1ccc(N2c3cc(N(c4ccccc4)c4ccccc4)cc4c3B(c3ccc(N(c5ccccc5)c5ccccc5)cc3O4)c3c2cc(-n2c4ccccc4c4ccccc42)c2oc4ccccc4c32)cc1. The molecule has 4 heterocycles. The second-order valence-electron chi connectivity index (χ2n) is 21.3. The standard InChI is InChI=1S/C70H51BN4O2/c1-70(2,3)46-36-38-51(39-37-46)74-60-42-53(73(49-26-12-6-13-27-49)50-28-14-7-15-29-50)44-65-67(60)71(57-41-40-52(43-64(57)76-65)72(47-22-8-4-9-23-47)48-24-10-5-11-25-48)68-61(74)45-62(69-66(68)56-32-18-21-35-63(56)77-69)75-58-33-19-16-30-54(58)55-31-17-20-34-59(55)75/h4-45H,1-3H3. The first-order valence-corrected chi connectivity index (χ1v) is 26.5. The highest BCUT2D eigenvalue weighted by Crippen LogP contribution is 2.50. The van der Waals surface area contributed by atoms with Gasteiger partial charge in [0.25, 0.3) is 6.71 Å². The van der Waals surface area contributed by atoms with Crippen molar-refractivity contribution < 1.29 is 9.15 Å². The molecule has 11 aromatic carbocycles. The molecule has 0 amide bonds. The molecule has 7 heteroatoms. The zero-order valence-corrected chi connectivity index (χ0v) is 42.9. The van der Waals surface area contributed by atoms with Crippen LogP contribution >= 0.6 is 0 Å². The van der Waals surface area contributed by atoms with E-state index < -0.39 is 0 Å². The molecule has 0 saturated heterocycles. The summed E-state index contributed by atoms with van der Waals surface area (Å²) in [5, 5.41) is 4.53. The van der Waals surface area contributed by atoms with Crippen LogP contribution in [0.4, 0.5) is 51.2 Å². The number of hydrogen-bond donors (Lipinski definition) is 0. The van der Waals surface area contributed by atoms with E-state index in [1.54, 1.807) is 0 Å². The summed E-state index contributed by atoms with van der Waals surface area (Å²) in [6.07, 6.45) is 0. The van der Waals surface area contributed by atoms with Crippen LogP contribution in [0.5, 0.6) is 11.5 Å². The Morgan fingerprint density at radius 2 is 0.896 bits per heavy atom. The molecule has 13 aromatic rings. The molecule has 6 nitrogen and oxygen atoms in total. The van der Waals surface area contributed by atoms with E-state index in [0.717, 1.165) is 112 Å². The highest BCUT2D eigenvalue weighted by Gasteiger charge is 2.45. The van der Waals surface area contributed by atoms with Crippen molar-refractivity contribution in [2.45, 2.75) is 26.2 Å². The Hall–Kier alpha value is -9.72. The third-order valence-corrected chi connectivity index (χ3v) is 15.7. The fraction of sp³-hybridized carbons (Fsp3) is 0.0571. The number of benzene rings is 11. The summed E-state index contributed by atoms with van der Waals surface area (Å²) in [5.41, 5.74) is 18.8. The highest BCUT2D eigenvalue weighted by atomic mass is 16.5. The van der Waals surface area contributed by atoms with Gasteiger partial charge in [-0.1, -0.05) is 166 Å². The van der Waals surface area contributed by atoms with Crippen molar-refractivity contribution >= 4 is 118 Å². The van der Waals surface area contributed by atoms with Crippen molar-refractivity contribution in [3.8, 4) is 17.2 Å². The second-order valence-corrected chi connectivity index (χ2v) is 21.3. The van der Waals surface area contributed by atoms with Crippen molar-refractivity contribution in [2.75, 3.05) is 14.7 Å². The Balaban J connectivity index is 1.08. The number of para-hydroxylation sites is 7. The molecule has 15 rings (SSSR count). The lowest BCUT2D eigenvalue weighted by Crippen LogP contribution is -2.59. The Bertz CT molecular complexity index is 4280. The summed E-state index contributed by atoms with van der Waals surface area (Å²) < 4.78 is 17.3. The number of nitrogens with zero attached hydrogens (tertiary/aromatic N) is 4. The number of hydrogen-bond acceptors (Lipinski definition) is 5. The molecule has 2 aromatic heterocycles. The lowest BCUT2D eigenvalue weighted by atomic mass is 9.33. The van der Waals surface area contributed by atoms with Gasteiger partial charge in [-0.15, -0.1) is 0 Å². The minimum atomic E-state index is -0.272. The smallest absolute Gasteiger partial charge is 0.257 e. The molecule has 2 aliphatic rings. The Labute approximate surface area is 447 Å². The summed E-state index contributed by atoms with van der Waals surface area (Å²) in [5.74, 6) is 1.59. The first-order valence-electron chi connectivity index (χ1n) is 26.5. The maximum Gasteiger partial charge on any atom is 0.257 e. The van der Waals surface area contributed by atoms with Crippen molar-refractivity contribution in [2.24, 2.45) is 0 Å². The first kappa shape index (κ1) is 44.7. The van der Waals surface area contributed by atoms with Gasteiger partial charge in [-0.3, -0.25) is 0 Å². The van der Waals surface area contributed by atoms with E-state index in [1.807, 2.05) is 0 Å². The van der Waals surface area contributed by atoms with Crippen molar-refractivity contribution in [3.05, 3.63) is 260 Å². The maximum atomic E-state index is 7.56. The van der Waals surface area contributed by atoms with Crippen molar-refractivity contribution in [1.29, 1.82) is 0 Å². The third-order valence-electron chi connectivity index (χ3n) is 15.7. The van der Waals surface area contributed by atoms with Crippen LogP contribution in [0.3, 0.4) is 0 Å². The van der Waals surface area contributed by atoms with Crippen molar-refractivity contribution in [1.82, 2.24) is 4.57 Å². The van der Waals surface area contributed by atoms with Crippen LogP contribution in [0.1, 0.15) is 26.3 Å². The molecule has 77 heavy (non-hydrogen) atoms. The summed E-state index contributed by atoms with van der Waals surface area (Å²) in [7, 11) is 0. The number of ether oxygens (including phenoxy) is 1. The number of anilines is 9. The van der Waals surface area contributed by atoms with Gasteiger partial charge in [-0.25, -0.2) is 0 Å². The van der Waals surface area contributed by atoms with Crippen LogP contribution in [-0.4, -0.2) is 11.3 Å². The second kappa shape index (κ2) is 17.4. The van der Waals surface area contributed by atoms with E-state index >= 15 is 0 Å². The number of aromatic nitrogens is 1. The van der Waals surface area contributed by atoms with Gasteiger partial charge in [0.05, 0.1) is 22.4 Å². The predicted molar refractivity (Wildman–Crippen MR) is 322 cm³/mol. The van der Waals surface area contributed by atoms with Crippen LogP contribution in [0, 0.1) is 0 Å². The zero-order chi connectivity index (χ0) is 51.4. The van der Waals surface area contributed by atoms with E-state index in [4.69, 9.17) is 9.15 Å². The van der Waals surface area contributed by atoms with Crippen molar-refractivity contribution in [3.63, 3.8) is 0 Å². The monoisotopic (exact) mass is 990 g/mol. The molecule has 0 aliphatic carbocycles. The quantitative estimate of drug-likeness (QED) is 0.142. The van der Waals surface area contributed by atoms with Gasteiger partial charge in [0.1, 0.15) is 17.1 Å². The van der Waals surface area contributed by atoms with E-state index in [-0.39, 0.29) is 12.1 Å². The van der Waals surface area contributed by atoms with E-state index in [9.17, 15) is 0 Å². The molecule has 0 fully saturated rings. The van der Waals surface area contributed by atoms with E-state index in [2.05, 4.69) is 295 Å². The summed E-state index contributed by atoms with van der Waals surface area (Å²) in [6.45, 7) is 6.57. The third kappa shape index (κ3) is 7.11. The van der Waals surface area contributed by atoms with E-state index in [0.29, 0.717) is 0 Å². The molecule has 0 radical (unpaired) electrons. The fourth-order valence-electron chi connectivity index (χ4n) is 12.3. The summed E-state index contributed by atoms with van der Waals surface area (Å²) in [6, 6.07) is 91.7. The molecular weight excluding hydrogens is 940 g/mol. The van der Waals surface area contributed by atoms with Gasteiger partial charge < -0.3 is 28.4 Å². The average molecular weight is 991 g/mol. The van der Waals surface area contributed by atoms with E-state index in [1.165, 1.54) is 21.8 Å². The molecule has 0 bridgehead atoms. The topological polar surface area (TPSA) is 37.0 Å². The molecule has 2 aliphatic heterocycles. The Morgan fingerprint density at radius 3 is 1.47 bits per heavy atom. The Kier molecular flexibility index (Phi) is 10.1. The number of fused-ring (bicyclic) bond motifs is 11. The van der Waals surface area contributed by atoms with Gasteiger partial charge in [-0.2, -0.15) is 0 Å². The molecule has 0 N–H and O–H groups in total. The van der Waals surface area contributed by atoms with Crippen LogP contribution in [-0.2, 0) is 5.41 Å². The summed E-state index contributed by atoms with van der Waals surface area (Å²) >= 11 is 0. The number of rotatable bonds is 8. The van der Waals surface area contributed by atoms with Gasteiger partial charge >= 0.3 is 0 Å².